The summed E-state index contributed by atoms with van der Waals surface area (Å²) in [7, 11) is -1.20. The van der Waals surface area contributed by atoms with Crippen molar-refractivity contribution in [2.45, 2.75) is 24.8 Å². The Kier molecular flexibility index (Phi) is 5.78. The van der Waals surface area contributed by atoms with Crippen LogP contribution in [0.5, 0.6) is 0 Å². The van der Waals surface area contributed by atoms with Gasteiger partial charge in [0.1, 0.15) is 0 Å². The van der Waals surface area contributed by atoms with Crippen molar-refractivity contribution < 1.29 is 8.42 Å². The Labute approximate surface area is 164 Å². The van der Waals surface area contributed by atoms with E-state index in [1.54, 1.807) is 6.08 Å². The SMILES string of the molecule is CNC1CCC(c2ccc(Cl)c(Cl)c2)c2ccc(C=CS(C)(=O)=O)cc21. The van der Waals surface area contributed by atoms with Crippen LogP contribution in [0.25, 0.3) is 6.08 Å². The highest BCUT2D eigenvalue weighted by atomic mass is 35.5. The molecule has 2 aromatic rings. The topological polar surface area (TPSA) is 46.2 Å². The van der Waals surface area contributed by atoms with Crippen LogP contribution in [-0.4, -0.2) is 21.7 Å². The zero-order chi connectivity index (χ0) is 18.9. The van der Waals surface area contributed by atoms with E-state index in [2.05, 4.69) is 17.4 Å². The summed E-state index contributed by atoms with van der Waals surface area (Å²) in [5.74, 6) is 0.248. The standard InChI is InChI=1S/C20H21Cl2NO2S/c1-23-20-8-6-15(14-4-7-18(21)19(22)12-14)16-5-3-13(11-17(16)20)9-10-26(2,24)25/h3-5,7,9-12,15,20,23H,6,8H2,1-2H3. The first-order valence-corrected chi connectivity index (χ1v) is 11.1. The minimum atomic E-state index is -3.15. The summed E-state index contributed by atoms with van der Waals surface area (Å²) in [5, 5.41) is 5.72. The van der Waals surface area contributed by atoms with Crippen LogP contribution < -0.4 is 5.32 Å². The third-order valence-electron chi connectivity index (χ3n) is 4.81. The average molecular weight is 410 g/mol. The largest absolute Gasteiger partial charge is 0.313 e. The third-order valence-corrected chi connectivity index (χ3v) is 6.18. The molecule has 2 atom stereocenters. The van der Waals surface area contributed by atoms with Gasteiger partial charge in [-0.1, -0.05) is 41.4 Å². The van der Waals surface area contributed by atoms with E-state index < -0.39 is 9.84 Å². The van der Waals surface area contributed by atoms with E-state index in [0.29, 0.717) is 10.0 Å². The number of hydrogen-bond donors (Lipinski definition) is 1. The van der Waals surface area contributed by atoms with Gasteiger partial charge in [0, 0.05) is 23.6 Å². The van der Waals surface area contributed by atoms with Crippen molar-refractivity contribution in [3.8, 4) is 0 Å². The Morgan fingerprint density at radius 2 is 1.81 bits per heavy atom. The summed E-state index contributed by atoms with van der Waals surface area (Å²) in [6.45, 7) is 0. The Balaban J connectivity index is 2.04. The number of hydrogen-bond acceptors (Lipinski definition) is 3. The van der Waals surface area contributed by atoms with Crippen molar-refractivity contribution in [3.63, 3.8) is 0 Å². The van der Waals surface area contributed by atoms with Gasteiger partial charge in [-0.2, -0.15) is 0 Å². The molecule has 3 nitrogen and oxygen atoms in total. The maximum Gasteiger partial charge on any atom is 0.168 e. The first kappa shape index (κ1) is 19.4. The summed E-state index contributed by atoms with van der Waals surface area (Å²) in [4.78, 5) is 0. The summed E-state index contributed by atoms with van der Waals surface area (Å²) >= 11 is 12.3. The van der Waals surface area contributed by atoms with E-state index in [-0.39, 0.29) is 12.0 Å². The van der Waals surface area contributed by atoms with E-state index in [1.807, 2.05) is 31.3 Å². The smallest absolute Gasteiger partial charge is 0.168 e. The van der Waals surface area contributed by atoms with Gasteiger partial charge in [0.25, 0.3) is 0 Å². The van der Waals surface area contributed by atoms with Crippen molar-refractivity contribution in [2.24, 2.45) is 0 Å². The zero-order valence-corrected chi connectivity index (χ0v) is 17.0. The fourth-order valence-electron chi connectivity index (χ4n) is 3.54. The first-order chi connectivity index (χ1) is 12.3. The van der Waals surface area contributed by atoms with Gasteiger partial charge in [0.2, 0.25) is 0 Å². The van der Waals surface area contributed by atoms with Crippen LogP contribution in [0.4, 0.5) is 0 Å². The van der Waals surface area contributed by atoms with Crippen LogP contribution in [0.15, 0.2) is 41.8 Å². The molecule has 1 aliphatic carbocycles. The fraction of sp³-hybridized carbons (Fsp3) is 0.300. The number of fused-ring (bicyclic) bond motifs is 1. The van der Waals surface area contributed by atoms with Gasteiger partial charge in [0.15, 0.2) is 9.84 Å². The second kappa shape index (κ2) is 7.73. The van der Waals surface area contributed by atoms with Gasteiger partial charge in [-0.05, 0) is 66.4 Å². The molecule has 0 aromatic heterocycles. The molecule has 0 spiro atoms. The molecule has 138 valence electrons. The van der Waals surface area contributed by atoms with Crippen molar-refractivity contribution in [1.82, 2.24) is 5.32 Å². The molecule has 1 N–H and O–H groups in total. The molecule has 0 bridgehead atoms. The molecule has 3 rings (SSSR count). The maximum absolute atomic E-state index is 11.4. The van der Waals surface area contributed by atoms with Crippen molar-refractivity contribution in [3.05, 3.63) is 74.1 Å². The Morgan fingerprint density at radius 3 is 2.46 bits per heavy atom. The molecular weight excluding hydrogens is 389 g/mol. The molecule has 2 aromatic carbocycles. The van der Waals surface area contributed by atoms with Gasteiger partial charge in [-0.15, -0.1) is 0 Å². The Morgan fingerprint density at radius 1 is 1.04 bits per heavy atom. The van der Waals surface area contributed by atoms with Crippen LogP contribution in [-0.2, 0) is 9.84 Å². The quantitative estimate of drug-likeness (QED) is 0.754. The van der Waals surface area contributed by atoms with E-state index in [0.717, 1.165) is 24.0 Å². The molecule has 0 saturated heterocycles. The lowest BCUT2D eigenvalue weighted by molar-refractivity contribution is 0.471. The first-order valence-electron chi connectivity index (χ1n) is 8.42. The minimum absolute atomic E-state index is 0.246. The number of sulfone groups is 1. The minimum Gasteiger partial charge on any atom is -0.313 e. The molecule has 0 radical (unpaired) electrons. The number of benzene rings is 2. The molecule has 0 fully saturated rings. The average Bonchev–Trinajstić information content (AvgIpc) is 2.60. The predicted octanol–water partition coefficient (Wildman–Crippen LogP) is 5.19. The van der Waals surface area contributed by atoms with E-state index >= 15 is 0 Å². The molecule has 2 unspecified atom stereocenters. The lowest BCUT2D eigenvalue weighted by atomic mass is 9.76. The van der Waals surface area contributed by atoms with Gasteiger partial charge < -0.3 is 5.32 Å². The van der Waals surface area contributed by atoms with Gasteiger partial charge in [0.05, 0.1) is 10.0 Å². The lowest BCUT2D eigenvalue weighted by Gasteiger charge is -2.32. The molecule has 0 aliphatic heterocycles. The zero-order valence-electron chi connectivity index (χ0n) is 14.7. The molecule has 1 aliphatic rings. The second-order valence-corrected chi connectivity index (χ2v) is 9.41. The number of rotatable bonds is 4. The molecule has 26 heavy (non-hydrogen) atoms. The fourth-order valence-corrected chi connectivity index (χ4v) is 4.25. The molecule has 0 amide bonds. The summed E-state index contributed by atoms with van der Waals surface area (Å²) in [6.07, 6.45) is 4.84. The van der Waals surface area contributed by atoms with Crippen LogP contribution in [0.1, 0.15) is 47.1 Å². The second-order valence-electron chi connectivity index (χ2n) is 6.67. The predicted molar refractivity (Wildman–Crippen MR) is 110 cm³/mol. The normalized spacial score (nSPS) is 20.3. The highest BCUT2D eigenvalue weighted by Crippen LogP contribution is 2.42. The van der Waals surface area contributed by atoms with Crippen LogP contribution in [0, 0.1) is 0 Å². The van der Waals surface area contributed by atoms with E-state index in [1.165, 1.54) is 22.8 Å². The van der Waals surface area contributed by atoms with E-state index in [4.69, 9.17) is 23.2 Å². The molecule has 0 saturated carbocycles. The highest BCUT2D eigenvalue weighted by molar-refractivity contribution is 7.93. The van der Waals surface area contributed by atoms with Crippen molar-refractivity contribution in [2.75, 3.05) is 13.3 Å². The maximum atomic E-state index is 11.4. The number of halogens is 2. The Hall–Kier alpha value is -1.33. The van der Waals surface area contributed by atoms with Crippen molar-refractivity contribution >= 4 is 39.1 Å². The van der Waals surface area contributed by atoms with E-state index in [9.17, 15) is 8.42 Å². The van der Waals surface area contributed by atoms with Crippen LogP contribution >= 0.6 is 23.2 Å². The van der Waals surface area contributed by atoms with Gasteiger partial charge in [-0.25, -0.2) is 8.42 Å². The van der Waals surface area contributed by atoms with Gasteiger partial charge in [-0.3, -0.25) is 0 Å². The number of nitrogens with one attached hydrogen (secondary N) is 1. The monoisotopic (exact) mass is 409 g/mol. The van der Waals surface area contributed by atoms with Crippen LogP contribution in [0.3, 0.4) is 0 Å². The van der Waals surface area contributed by atoms with Crippen molar-refractivity contribution in [1.29, 1.82) is 0 Å². The van der Waals surface area contributed by atoms with Crippen LogP contribution in [0.2, 0.25) is 10.0 Å². The third kappa shape index (κ3) is 4.32. The molecule has 0 heterocycles. The Bertz CT molecular complexity index is 954. The molecular formula is C20H21Cl2NO2S. The highest BCUT2D eigenvalue weighted by Gasteiger charge is 2.27. The van der Waals surface area contributed by atoms with Gasteiger partial charge >= 0.3 is 0 Å². The summed E-state index contributed by atoms with van der Waals surface area (Å²) in [6, 6.07) is 12.2. The molecule has 6 heteroatoms. The lowest BCUT2D eigenvalue weighted by Crippen LogP contribution is -2.24. The summed E-state index contributed by atoms with van der Waals surface area (Å²) in [5.41, 5.74) is 4.47. The summed E-state index contributed by atoms with van der Waals surface area (Å²) < 4.78 is 22.8.